The first kappa shape index (κ1) is 14.2. The van der Waals surface area contributed by atoms with Crippen LogP contribution in [0.25, 0.3) is 0 Å². The highest BCUT2D eigenvalue weighted by Crippen LogP contribution is 2.21. The second kappa shape index (κ2) is 6.80. The summed E-state index contributed by atoms with van der Waals surface area (Å²) in [5, 5.41) is 0. The van der Waals surface area contributed by atoms with E-state index in [1.807, 2.05) is 25.1 Å². The van der Waals surface area contributed by atoms with Gasteiger partial charge in [0, 0.05) is 32.6 Å². The third-order valence-corrected chi connectivity index (χ3v) is 2.77. The minimum Gasteiger partial charge on any atom is -0.383 e. The quantitative estimate of drug-likeness (QED) is 0.564. The Morgan fingerprint density at radius 3 is 2.44 bits per heavy atom. The molecule has 0 spiro atoms. The van der Waals surface area contributed by atoms with Gasteiger partial charge >= 0.3 is 0 Å². The molecule has 1 atom stereocenters. The Morgan fingerprint density at radius 2 is 1.94 bits per heavy atom. The third kappa shape index (κ3) is 4.58. The summed E-state index contributed by atoms with van der Waals surface area (Å²) in [4.78, 5) is 13.6. The first-order valence-corrected chi connectivity index (χ1v) is 6.09. The number of allylic oxidation sites excluding steroid dienone is 2. The van der Waals surface area contributed by atoms with Gasteiger partial charge < -0.3 is 4.90 Å². The molecule has 0 aliphatic rings. The summed E-state index contributed by atoms with van der Waals surface area (Å²) in [6, 6.07) is 8.24. The largest absolute Gasteiger partial charge is 0.383 e. The van der Waals surface area contributed by atoms with Crippen molar-refractivity contribution in [2.75, 3.05) is 14.1 Å². The number of hydrogen-bond donors (Lipinski definition) is 0. The standard InChI is InChI=1S/C16H21NO/c1-5-14(12-16(18)10-11-17(3)4)15-8-6-13(2)7-9-15/h5-11,14H,1,12H2,2-4H3/b11-10+/t14-/m0/s1. The van der Waals surface area contributed by atoms with Crippen molar-refractivity contribution in [2.24, 2.45) is 0 Å². The van der Waals surface area contributed by atoms with Crippen molar-refractivity contribution in [1.29, 1.82) is 0 Å². The molecule has 0 aliphatic heterocycles. The summed E-state index contributed by atoms with van der Waals surface area (Å²) < 4.78 is 0. The molecule has 0 saturated heterocycles. The van der Waals surface area contributed by atoms with E-state index in [0.29, 0.717) is 6.42 Å². The fraction of sp³-hybridized carbons (Fsp3) is 0.312. The Balaban J connectivity index is 2.70. The molecule has 1 rings (SSSR count). The molecule has 0 heterocycles. The molecule has 0 saturated carbocycles. The zero-order chi connectivity index (χ0) is 13.5. The van der Waals surface area contributed by atoms with Gasteiger partial charge in [0.15, 0.2) is 5.78 Å². The molecular weight excluding hydrogens is 222 g/mol. The normalized spacial score (nSPS) is 12.4. The molecule has 2 nitrogen and oxygen atoms in total. The summed E-state index contributed by atoms with van der Waals surface area (Å²) in [6.45, 7) is 5.87. The van der Waals surface area contributed by atoms with E-state index in [0.717, 1.165) is 5.56 Å². The lowest BCUT2D eigenvalue weighted by molar-refractivity contribution is -0.114. The van der Waals surface area contributed by atoms with Gasteiger partial charge in [-0.2, -0.15) is 0 Å². The van der Waals surface area contributed by atoms with Crippen LogP contribution in [0.5, 0.6) is 0 Å². The van der Waals surface area contributed by atoms with Crippen LogP contribution in [0, 0.1) is 6.92 Å². The second-order valence-electron chi connectivity index (χ2n) is 4.70. The van der Waals surface area contributed by atoms with Crippen molar-refractivity contribution < 1.29 is 4.79 Å². The van der Waals surface area contributed by atoms with E-state index in [1.54, 1.807) is 12.3 Å². The predicted octanol–water partition coefficient (Wildman–Crippen LogP) is 3.30. The average molecular weight is 243 g/mol. The van der Waals surface area contributed by atoms with Crippen molar-refractivity contribution in [2.45, 2.75) is 19.3 Å². The molecule has 0 fully saturated rings. The van der Waals surface area contributed by atoms with Crippen LogP contribution in [0.4, 0.5) is 0 Å². The number of aryl methyl sites for hydroxylation is 1. The number of nitrogens with zero attached hydrogens (tertiary/aromatic N) is 1. The monoisotopic (exact) mass is 243 g/mol. The molecular formula is C16H21NO. The first-order chi connectivity index (χ1) is 8.52. The van der Waals surface area contributed by atoms with E-state index in [4.69, 9.17) is 0 Å². The van der Waals surface area contributed by atoms with Gasteiger partial charge in [0.05, 0.1) is 0 Å². The number of carbonyl (C=O) groups is 1. The molecule has 0 amide bonds. The van der Waals surface area contributed by atoms with Gasteiger partial charge in [-0.1, -0.05) is 35.9 Å². The fourth-order valence-corrected chi connectivity index (χ4v) is 1.67. The maximum atomic E-state index is 11.8. The molecule has 1 aromatic carbocycles. The van der Waals surface area contributed by atoms with Gasteiger partial charge in [-0.15, -0.1) is 6.58 Å². The Hall–Kier alpha value is -1.83. The van der Waals surface area contributed by atoms with Crippen LogP contribution in [-0.4, -0.2) is 24.8 Å². The van der Waals surface area contributed by atoms with Crippen molar-refractivity contribution in [1.82, 2.24) is 4.90 Å². The summed E-state index contributed by atoms with van der Waals surface area (Å²) in [7, 11) is 3.80. The molecule has 2 heteroatoms. The van der Waals surface area contributed by atoms with Crippen LogP contribution >= 0.6 is 0 Å². The highest BCUT2D eigenvalue weighted by atomic mass is 16.1. The number of benzene rings is 1. The van der Waals surface area contributed by atoms with E-state index >= 15 is 0 Å². The molecule has 0 unspecified atom stereocenters. The smallest absolute Gasteiger partial charge is 0.158 e. The van der Waals surface area contributed by atoms with Crippen molar-refractivity contribution in [3.8, 4) is 0 Å². The van der Waals surface area contributed by atoms with E-state index in [1.165, 1.54) is 5.56 Å². The minimum atomic E-state index is 0.0879. The van der Waals surface area contributed by atoms with Crippen molar-refractivity contribution in [3.63, 3.8) is 0 Å². The number of ketones is 1. The van der Waals surface area contributed by atoms with Gasteiger partial charge in [0.25, 0.3) is 0 Å². The molecule has 0 aromatic heterocycles. The molecule has 1 aromatic rings. The molecule has 0 N–H and O–H groups in total. The van der Waals surface area contributed by atoms with Crippen molar-refractivity contribution in [3.05, 3.63) is 60.3 Å². The van der Waals surface area contributed by atoms with E-state index in [2.05, 4.69) is 37.8 Å². The van der Waals surface area contributed by atoms with Gasteiger partial charge in [0.1, 0.15) is 0 Å². The summed E-state index contributed by atoms with van der Waals surface area (Å²) in [5.41, 5.74) is 2.36. The molecule has 18 heavy (non-hydrogen) atoms. The molecule has 96 valence electrons. The summed E-state index contributed by atoms with van der Waals surface area (Å²) in [5.74, 6) is 0.207. The van der Waals surface area contributed by atoms with Gasteiger partial charge in [0.2, 0.25) is 0 Å². The third-order valence-electron chi connectivity index (χ3n) is 2.77. The highest BCUT2D eigenvalue weighted by molar-refractivity contribution is 5.90. The topological polar surface area (TPSA) is 20.3 Å². The number of hydrogen-bond acceptors (Lipinski definition) is 2. The van der Waals surface area contributed by atoms with Crippen LogP contribution in [0.15, 0.2) is 49.2 Å². The minimum absolute atomic E-state index is 0.0879. The Kier molecular flexibility index (Phi) is 5.37. The molecule has 0 aliphatic carbocycles. The maximum Gasteiger partial charge on any atom is 0.158 e. The number of carbonyl (C=O) groups excluding carboxylic acids is 1. The van der Waals surface area contributed by atoms with Crippen LogP contribution in [-0.2, 0) is 4.79 Å². The second-order valence-corrected chi connectivity index (χ2v) is 4.70. The number of rotatable bonds is 6. The Morgan fingerprint density at radius 1 is 1.33 bits per heavy atom. The zero-order valence-corrected chi connectivity index (χ0v) is 11.4. The van der Waals surface area contributed by atoms with Crippen LogP contribution in [0.2, 0.25) is 0 Å². The van der Waals surface area contributed by atoms with Crippen LogP contribution in [0.3, 0.4) is 0 Å². The van der Waals surface area contributed by atoms with Crippen LogP contribution < -0.4 is 0 Å². The summed E-state index contributed by atoms with van der Waals surface area (Å²) in [6.07, 6.45) is 5.70. The van der Waals surface area contributed by atoms with Gasteiger partial charge in [-0.05, 0) is 18.6 Å². The first-order valence-electron chi connectivity index (χ1n) is 6.09. The SMILES string of the molecule is C=C[C@@H](CC(=O)/C=C/N(C)C)c1ccc(C)cc1. The summed E-state index contributed by atoms with van der Waals surface area (Å²) >= 11 is 0. The maximum absolute atomic E-state index is 11.8. The fourth-order valence-electron chi connectivity index (χ4n) is 1.67. The Bertz CT molecular complexity index is 429. The lowest BCUT2D eigenvalue weighted by Crippen LogP contribution is -2.06. The van der Waals surface area contributed by atoms with Gasteiger partial charge in [-0.3, -0.25) is 4.79 Å². The zero-order valence-electron chi connectivity index (χ0n) is 11.4. The highest BCUT2D eigenvalue weighted by Gasteiger charge is 2.10. The van der Waals surface area contributed by atoms with Crippen molar-refractivity contribution >= 4 is 5.78 Å². The lowest BCUT2D eigenvalue weighted by Gasteiger charge is -2.11. The molecule has 0 radical (unpaired) electrons. The van der Waals surface area contributed by atoms with Crippen LogP contribution in [0.1, 0.15) is 23.5 Å². The van der Waals surface area contributed by atoms with Gasteiger partial charge in [-0.25, -0.2) is 0 Å². The lowest BCUT2D eigenvalue weighted by atomic mass is 9.93. The van der Waals surface area contributed by atoms with E-state index in [-0.39, 0.29) is 11.7 Å². The van der Waals surface area contributed by atoms with E-state index in [9.17, 15) is 4.79 Å². The molecule has 0 bridgehead atoms. The predicted molar refractivity (Wildman–Crippen MR) is 76.6 cm³/mol. The van der Waals surface area contributed by atoms with E-state index < -0.39 is 0 Å². The average Bonchev–Trinajstić information content (AvgIpc) is 2.34. The Labute approximate surface area is 110 Å².